The maximum Gasteiger partial charge on any atom is 0.226 e. The van der Waals surface area contributed by atoms with Gasteiger partial charge in [-0.25, -0.2) is 4.98 Å². The van der Waals surface area contributed by atoms with Gasteiger partial charge in [-0.2, -0.15) is 9.97 Å². The molecule has 6 rings (SSSR count). The standard InChI is InChI=1S/C27H16ClN3O/c28-27-30-25(19-12-10-18(11-13-19)17-6-2-1-3-7-17)29-26(31-27)20-14-15-24-22(16-20)21-8-4-5-9-23(21)32-24/h1-16H. The molecule has 6 aromatic rings. The van der Waals surface area contributed by atoms with Crippen molar-refractivity contribution >= 4 is 33.5 Å². The van der Waals surface area contributed by atoms with E-state index in [1.807, 2.05) is 72.8 Å². The number of furan rings is 1. The van der Waals surface area contributed by atoms with E-state index in [2.05, 4.69) is 34.2 Å². The van der Waals surface area contributed by atoms with Gasteiger partial charge in [0.2, 0.25) is 5.28 Å². The Balaban J connectivity index is 1.42. The summed E-state index contributed by atoms with van der Waals surface area (Å²) in [5.74, 6) is 1.07. The van der Waals surface area contributed by atoms with Crippen molar-refractivity contribution in [1.82, 2.24) is 15.0 Å². The number of hydrogen-bond donors (Lipinski definition) is 0. The molecule has 0 atom stereocenters. The van der Waals surface area contributed by atoms with Crippen molar-refractivity contribution in [2.24, 2.45) is 0 Å². The number of nitrogens with zero attached hydrogens (tertiary/aromatic N) is 3. The molecule has 2 aromatic heterocycles. The van der Waals surface area contributed by atoms with E-state index in [9.17, 15) is 0 Å². The molecule has 0 saturated carbocycles. The van der Waals surface area contributed by atoms with Crippen LogP contribution in [-0.2, 0) is 0 Å². The first kappa shape index (κ1) is 18.7. The Morgan fingerprint density at radius 1 is 0.500 bits per heavy atom. The van der Waals surface area contributed by atoms with Gasteiger partial charge in [-0.05, 0) is 47.0 Å². The number of para-hydroxylation sites is 1. The first-order valence-electron chi connectivity index (χ1n) is 10.2. The van der Waals surface area contributed by atoms with Crippen molar-refractivity contribution in [3.8, 4) is 33.9 Å². The summed E-state index contributed by atoms with van der Waals surface area (Å²) >= 11 is 6.29. The molecule has 0 bridgehead atoms. The van der Waals surface area contributed by atoms with E-state index in [1.165, 1.54) is 0 Å². The lowest BCUT2D eigenvalue weighted by molar-refractivity contribution is 0.669. The van der Waals surface area contributed by atoms with Crippen LogP contribution in [0.1, 0.15) is 0 Å². The van der Waals surface area contributed by atoms with Crippen LogP contribution in [0.2, 0.25) is 5.28 Å². The number of hydrogen-bond acceptors (Lipinski definition) is 4. The Morgan fingerprint density at radius 2 is 1.09 bits per heavy atom. The summed E-state index contributed by atoms with van der Waals surface area (Å²) < 4.78 is 5.93. The predicted molar refractivity (Wildman–Crippen MR) is 128 cm³/mol. The van der Waals surface area contributed by atoms with Crippen LogP contribution in [0.5, 0.6) is 0 Å². The lowest BCUT2D eigenvalue weighted by atomic mass is 10.0. The van der Waals surface area contributed by atoms with Gasteiger partial charge in [0.1, 0.15) is 11.2 Å². The lowest BCUT2D eigenvalue weighted by Crippen LogP contribution is -1.97. The van der Waals surface area contributed by atoms with Crippen LogP contribution in [0.3, 0.4) is 0 Å². The van der Waals surface area contributed by atoms with E-state index in [4.69, 9.17) is 21.0 Å². The van der Waals surface area contributed by atoms with Crippen LogP contribution in [-0.4, -0.2) is 15.0 Å². The van der Waals surface area contributed by atoms with Gasteiger partial charge in [-0.3, -0.25) is 0 Å². The van der Waals surface area contributed by atoms with Crippen molar-refractivity contribution in [1.29, 1.82) is 0 Å². The molecule has 0 fully saturated rings. The quantitative estimate of drug-likeness (QED) is 0.291. The van der Waals surface area contributed by atoms with E-state index in [0.29, 0.717) is 11.6 Å². The van der Waals surface area contributed by atoms with E-state index in [-0.39, 0.29) is 5.28 Å². The van der Waals surface area contributed by atoms with Crippen LogP contribution in [0.25, 0.3) is 55.8 Å². The van der Waals surface area contributed by atoms with Crippen molar-refractivity contribution in [2.75, 3.05) is 0 Å². The first-order valence-corrected chi connectivity index (χ1v) is 10.6. The molecule has 0 aliphatic carbocycles. The Kier molecular flexibility index (Phi) is 4.44. The number of benzene rings is 4. The third-order valence-corrected chi connectivity index (χ3v) is 5.66. The Bertz CT molecular complexity index is 1570. The summed E-state index contributed by atoms with van der Waals surface area (Å²) in [4.78, 5) is 13.4. The molecule has 0 amide bonds. The second-order valence-electron chi connectivity index (χ2n) is 7.50. The van der Waals surface area contributed by atoms with Crippen molar-refractivity contribution in [3.63, 3.8) is 0 Å². The highest BCUT2D eigenvalue weighted by Crippen LogP contribution is 2.32. The zero-order valence-electron chi connectivity index (χ0n) is 16.9. The maximum absolute atomic E-state index is 6.29. The molecule has 2 heterocycles. The smallest absolute Gasteiger partial charge is 0.226 e. The minimum Gasteiger partial charge on any atom is -0.456 e. The molecule has 5 heteroatoms. The van der Waals surface area contributed by atoms with Crippen molar-refractivity contribution in [3.05, 3.63) is 102 Å². The largest absolute Gasteiger partial charge is 0.456 e. The van der Waals surface area contributed by atoms with Gasteiger partial charge < -0.3 is 4.42 Å². The summed E-state index contributed by atoms with van der Waals surface area (Å²) in [6.07, 6.45) is 0. The van der Waals surface area contributed by atoms with Crippen LogP contribution in [0.15, 0.2) is 101 Å². The minimum absolute atomic E-state index is 0.161. The fraction of sp³-hybridized carbons (Fsp3) is 0. The zero-order valence-corrected chi connectivity index (χ0v) is 17.6. The van der Waals surface area contributed by atoms with Gasteiger partial charge in [-0.1, -0.05) is 72.8 Å². The minimum atomic E-state index is 0.161. The second-order valence-corrected chi connectivity index (χ2v) is 7.84. The fourth-order valence-corrected chi connectivity index (χ4v) is 4.08. The number of fused-ring (bicyclic) bond motifs is 3. The van der Waals surface area contributed by atoms with Gasteiger partial charge in [0.25, 0.3) is 0 Å². The SMILES string of the molecule is Clc1nc(-c2ccc(-c3ccccc3)cc2)nc(-c2ccc3oc4ccccc4c3c2)n1. The average molecular weight is 434 g/mol. The normalized spacial score (nSPS) is 11.3. The average Bonchev–Trinajstić information content (AvgIpc) is 3.22. The molecule has 0 N–H and O–H groups in total. The maximum atomic E-state index is 6.29. The fourth-order valence-electron chi connectivity index (χ4n) is 3.92. The summed E-state index contributed by atoms with van der Waals surface area (Å²) in [5, 5.41) is 2.24. The van der Waals surface area contributed by atoms with E-state index < -0.39 is 0 Å². The summed E-state index contributed by atoms with van der Waals surface area (Å²) in [5.41, 5.74) is 5.71. The Morgan fingerprint density at radius 3 is 1.91 bits per heavy atom. The van der Waals surface area contributed by atoms with E-state index in [1.54, 1.807) is 0 Å². The van der Waals surface area contributed by atoms with Gasteiger partial charge in [0.15, 0.2) is 11.6 Å². The van der Waals surface area contributed by atoms with Crippen molar-refractivity contribution < 1.29 is 4.42 Å². The van der Waals surface area contributed by atoms with Crippen LogP contribution < -0.4 is 0 Å². The molecule has 0 spiro atoms. The van der Waals surface area contributed by atoms with Gasteiger partial charge in [0, 0.05) is 21.9 Å². The van der Waals surface area contributed by atoms with Gasteiger partial charge >= 0.3 is 0 Å². The molecule has 4 nitrogen and oxygen atoms in total. The van der Waals surface area contributed by atoms with E-state index >= 15 is 0 Å². The second kappa shape index (κ2) is 7.59. The highest BCUT2D eigenvalue weighted by atomic mass is 35.5. The van der Waals surface area contributed by atoms with Crippen LogP contribution >= 0.6 is 11.6 Å². The highest BCUT2D eigenvalue weighted by Gasteiger charge is 2.13. The molecule has 152 valence electrons. The van der Waals surface area contributed by atoms with Gasteiger partial charge in [-0.15, -0.1) is 0 Å². The monoisotopic (exact) mass is 433 g/mol. The van der Waals surface area contributed by atoms with E-state index in [0.717, 1.165) is 44.2 Å². The molecule has 0 radical (unpaired) electrons. The third kappa shape index (κ3) is 3.31. The van der Waals surface area contributed by atoms with Crippen molar-refractivity contribution in [2.45, 2.75) is 0 Å². The molecular weight excluding hydrogens is 418 g/mol. The number of aromatic nitrogens is 3. The molecule has 4 aromatic carbocycles. The molecule has 0 aliphatic heterocycles. The first-order chi connectivity index (χ1) is 15.7. The molecular formula is C27H16ClN3O. The third-order valence-electron chi connectivity index (χ3n) is 5.49. The Hall–Kier alpha value is -4.02. The highest BCUT2D eigenvalue weighted by molar-refractivity contribution is 6.28. The Labute approximate surface area is 189 Å². The lowest BCUT2D eigenvalue weighted by Gasteiger charge is -2.06. The molecule has 0 saturated heterocycles. The predicted octanol–water partition coefficient (Wildman–Crippen LogP) is 7.43. The zero-order chi connectivity index (χ0) is 21.5. The molecule has 0 aliphatic rings. The number of halogens is 1. The topological polar surface area (TPSA) is 51.8 Å². The molecule has 0 unspecified atom stereocenters. The molecule has 32 heavy (non-hydrogen) atoms. The van der Waals surface area contributed by atoms with Gasteiger partial charge in [0.05, 0.1) is 0 Å². The van der Waals surface area contributed by atoms with Crippen LogP contribution in [0, 0.1) is 0 Å². The summed E-state index contributed by atoms with van der Waals surface area (Å²) in [6.45, 7) is 0. The summed E-state index contributed by atoms with van der Waals surface area (Å²) in [6, 6.07) is 32.3. The summed E-state index contributed by atoms with van der Waals surface area (Å²) in [7, 11) is 0. The number of rotatable bonds is 3. The van der Waals surface area contributed by atoms with Crippen LogP contribution in [0.4, 0.5) is 0 Å².